The Hall–Kier alpha value is -2.30. The number of hydrogen-bond acceptors (Lipinski definition) is 7. The van der Waals surface area contributed by atoms with Crippen molar-refractivity contribution in [3.05, 3.63) is 49.6 Å². The highest BCUT2D eigenvalue weighted by Gasteiger charge is 2.76. The highest BCUT2D eigenvalue weighted by molar-refractivity contribution is 9.09. The summed E-state index contributed by atoms with van der Waals surface area (Å²) in [4.78, 5) is 45.0. The molecule has 1 aromatic rings. The molecule has 0 aromatic heterocycles. The lowest BCUT2D eigenvalue weighted by Crippen LogP contribution is -2.55. The predicted octanol–water partition coefficient (Wildman–Crippen LogP) is 3.57. The highest BCUT2D eigenvalue weighted by Crippen LogP contribution is 2.68. The van der Waals surface area contributed by atoms with Crippen molar-refractivity contribution in [3.8, 4) is 5.75 Å². The van der Waals surface area contributed by atoms with Gasteiger partial charge in [-0.05, 0) is 49.9 Å². The van der Waals surface area contributed by atoms with E-state index in [-0.39, 0.29) is 41.6 Å². The van der Waals surface area contributed by atoms with Gasteiger partial charge < -0.3 is 24.4 Å². The van der Waals surface area contributed by atoms with Crippen LogP contribution in [0.5, 0.6) is 5.75 Å². The molecule has 0 saturated carbocycles. The van der Waals surface area contributed by atoms with E-state index in [0.29, 0.717) is 43.7 Å². The van der Waals surface area contributed by atoms with E-state index in [1.165, 1.54) is 0 Å². The van der Waals surface area contributed by atoms with Gasteiger partial charge in [-0.25, -0.2) is 0 Å². The van der Waals surface area contributed by atoms with E-state index in [4.69, 9.17) is 9.47 Å². The largest absolute Gasteiger partial charge is 0.497 e. The van der Waals surface area contributed by atoms with Gasteiger partial charge in [0.15, 0.2) is 0 Å². The van der Waals surface area contributed by atoms with Gasteiger partial charge in [0.25, 0.3) is 5.91 Å². The van der Waals surface area contributed by atoms with Crippen molar-refractivity contribution >= 4 is 51.2 Å². The summed E-state index contributed by atoms with van der Waals surface area (Å²) in [5.74, 6) is -1.40. The van der Waals surface area contributed by atoms with Crippen LogP contribution in [-0.2, 0) is 19.1 Å². The molecular formula is C28H35BrN2O6S. The lowest BCUT2D eigenvalue weighted by Gasteiger charge is -2.37. The van der Waals surface area contributed by atoms with Gasteiger partial charge in [-0.1, -0.05) is 28.1 Å². The average Bonchev–Trinajstić information content (AvgIpc) is 3.50. The fourth-order valence-electron chi connectivity index (χ4n) is 6.01. The number of hydrogen-bond donors (Lipinski definition) is 1. The van der Waals surface area contributed by atoms with Crippen molar-refractivity contribution in [1.29, 1.82) is 0 Å². The van der Waals surface area contributed by atoms with Crippen LogP contribution in [0.2, 0.25) is 0 Å². The summed E-state index contributed by atoms with van der Waals surface area (Å²) < 4.78 is 10.1. The van der Waals surface area contributed by atoms with Crippen molar-refractivity contribution in [3.63, 3.8) is 0 Å². The zero-order chi connectivity index (χ0) is 27.4. The van der Waals surface area contributed by atoms with Gasteiger partial charge in [-0.3, -0.25) is 14.4 Å². The molecule has 3 aliphatic heterocycles. The second-order valence-electron chi connectivity index (χ2n) is 9.81. The van der Waals surface area contributed by atoms with E-state index >= 15 is 0 Å². The summed E-state index contributed by atoms with van der Waals surface area (Å²) in [6.07, 6.45) is 5.54. The van der Waals surface area contributed by atoms with Crippen LogP contribution in [0, 0.1) is 11.8 Å². The van der Waals surface area contributed by atoms with Crippen molar-refractivity contribution in [2.24, 2.45) is 11.8 Å². The number of likely N-dealkylation sites (tertiary alicyclic amines) is 1. The van der Waals surface area contributed by atoms with Gasteiger partial charge in [0, 0.05) is 35.5 Å². The minimum atomic E-state index is -0.764. The first-order valence-corrected chi connectivity index (χ1v) is 14.7. The summed E-state index contributed by atoms with van der Waals surface area (Å²) in [5, 5.41) is 9.21. The molecule has 3 saturated heterocycles. The van der Waals surface area contributed by atoms with Crippen LogP contribution in [0.25, 0.3) is 0 Å². The standard InChI is InChI=1S/C28H35BrN2O6S/c1-4-6-16-37-27(35)21-22-25(33)31(14-7-8-15-32)24(28(22)17-20(29)23(21)38-28)26(34)30(13-5-2)18-9-11-19(36-3)12-10-18/h4-5,9-12,20-24,32H,1-2,6-8,13-17H2,3H3/t20?,21-,22+,23-,24?,28?/m1/s1. The zero-order valence-corrected chi connectivity index (χ0v) is 24.0. The smallest absolute Gasteiger partial charge is 0.310 e. The number of ether oxygens (including phenoxy) is 2. The number of unbranched alkanes of at least 4 members (excludes halogenated alkanes) is 1. The maximum absolute atomic E-state index is 14.4. The Kier molecular flexibility index (Phi) is 9.26. The first-order valence-electron chi connectivity index (χ1n) is 12.9. The molecule has 38 heavy (non-hydrogen) atoms. The number of aliphatic hydroxyl groups excluding tert-OH is 1. The molecule has 1 aromatic carbocycles. The summed E-state index contributed by atoms with van der Waals surface area (Å²) in [6.45, 7) is 8.33. The van der Waals surface area contributed by atoms with Gasteiger partial charge in [-0.15, -0.1) is 24.9 Å². The molecule has 1 spiro atoms. The third kappa shape index (κ3) is 5.02. The van der Waals surface area contributed by atoms with Crippen LogP contribution in [0.4, 0.5) is 5.69 Å². The molecule has 1 N–H and O–H groups in total. The van der Waals surface area contributed by atoms with Crippen LogP contribution < -0.4 is 9.64 Å². The third-order valence-corrected chi connectivity index (χ3v) is 10.9. The van der Waals surface area contributed by atoms with Gasteiger partial charge in [0.05, 0.1) is 30.3 Å². The number of methoxy groups -OCH3 is 1. The van der Waals surface area contributed by atoms with Crippen LogP contribution in [0.15, 0.2) is 49.6 Å². The quantitative estimate of drug-likeness (QED) is 0.159. The Balaban J connectivity index is 1.73. The van der Waals surface area contributed by atoms with Gasteiger partial charge in [-0.2, -0.15) is 0 Å². The number of halogens is 1. The second kappa shape index (κ2) is 12.3. The number of benzene rings is 1. The van der Waals surface area contributed by atoms with E-state index < -0.39 is 28.6 Å². The van der Waals surface area contributed by atoms with Crippen LogP contribution in [0.3, 0.4) is 0 Å². The normalized spacial score (nSPS) is 29.2. The monoisotopic (exact) mass is 606 g/mol. The number of esters is 1. The van der Waals surface area contributed by atoms with Gasteiger partial charge in [0.2, 0.25) is 5.91 Å². The number of thioether (sulfide) groups is 1. The SMILES string of the molecule is C=CCCOC(=O)[C@H]1[C@@H]2SC3(CC2Br)C(C(=O)N(CC=C)c2ccc(OC)cc2)N(CCCCO)C(=O)[C@H]13. The van der Waals surface area contributed by atoms with Crippen molar-refractivity contribution < 1.29 is 29.0 Å². The third-order valence-electron chi connectivity index (χ3n) is 7.63. The van der Waals surface area contributed by atoms with Crippen molar-refractivity contribution in [2.75, 3.05) is 38.3 Å². The fraction of sp³-hybridized carbons (Fsp3) is 0.536. The van der Waals surface area contributed by atoms with E-state index in [1.54, 1.807) is 53.0 Å². The number of fused-ring (bicyclic) bond motifs is 1. The number of carbonyl (C=O) groups is 3. The summed E-state index contributed by atoms with van der Waals surface area (Å²) in [7, 11) is 1.58. The summed E-state index contributed by atoms with van der Waals surface area (Å²) >= 11 is 5.34. The maximum Gasteiger partial charge on any atom is 0.310 e. The van der Waals surface area contributed by atoms with Gasteiger partial charge >= 0.3 is 5.97 Å². The van der Waals surface area contributed by atoms with E-state index in [9.17, 15) is 19.5 Å². The van der Waals surface area contributed by atoms with E-state index in [1.807, 2.05) is 12.1 Å². The fourth-order valence-corrected chi connectivity index (χ4v) is 9.61. The molecule has 2 amide bonds. The number of amides is 2. The maximum atomic E-state index is 14.4. The predicted molar refractivity (Wildman–Crippen MR) is 152 cm³/mol. The molecule has 0 aliphatic carbocycles. The van der Waals surface area contributed by atoms with E-state index in [0.717, 1.165) is 0 Å². The molecule has 10 heteroatoms. The number of alkyl halides is 1. The number of carbonyl (C=O) groups excluding carboxylic acids is 3. The Morgan fingerprint density at radius 1 is 1.26 bits per heavy atom. The number of nitrogens with zero attached hydrogens (tertiary/aromatic N) is 2. The number of rotatable bonds is 13. The van der Waals surface area contributed by atoms with Crippen LogP contribution >= 0.6 is 27.7 Å². The number of aliphatic hydroxyl groups is 1. The molecule has 3 unspecified atom stereocenters. The van der Waals surface area contributed by atoms with Crippen LogP contribution in [-0.4, -0.2) is 82.1 Å². The highest BCUT2D eigenvalue weighted by atomic mass is 79.9. The average molecular weight is 608 g/mol. The molecule has 3 fully saturated rings. The van der Waals surface area contributed by atoms with Crippen molar-refractivity contribution in [1.82, 2.24) is 4.90 Å². The molecule has 2 bridgehead atoms. The minimum Gasteiger partial charge on any atom is -0.497 e. The molecule has 4 rings (SSSR count). The first kappa shape index (κ1) is 28.7. The van der Waals surface area contributed by atoms with E-state index in [2.05, 4.69) is 29.1 Å². The Labute approximate surface area is 236 Å². The number of anilines is 1. The van der Waals surface area contributed by atoms with Crippen molar-refractivity contribution in [2.45, 2.75) is 46.5 Å². The summed E-state index contributed by atoms with van der Waals surface area (Å²) in [6, 6.07) is 6.45. The molecule has 3 aliphatic rings. The van der Waals surface area contributed by atoms with Crippen LogP contribution in [0.1, 0.15) is 25.7 Å². The molecule has 3 heterocycles. The molecular weight excluding hydrogens is 572 g/mol. The lowest BCUT2D eigenvalue weighted by molar-refractivity contribution is -0.154. The molecule has 8 nitrogen and oxygen atoms in total. The summed E-state index contributed by atoms with van der Waals surface area (Å²) in [5.41, 5.74) is 0.673. The second-order valence-corrected chi connectivity index (χ2v) is 12.5. The molecule has 0 radical (unpaired) electrons. The molecule has 206 valence electrons. The zero-order valence-electron chi connectivity index (χ0n) is 21.6. The van der Waals surface area contributed by atoms with Gasteiger partial charge in [0.1, 0.15) is 11.8 Å². The minimum absolute atomic E-state index is 0.00219. The first-order chi connectivity index (χ1) is 18.3. The Morgan fingerprint density at radius 2 is 2.00 bits per heavy atom. The lowest BCUT2D eigenvalue weighted by atomic mass is 9.71. The molecule has 6 atom stereocenters. The topological polar surface area (TPSA) is 96.4 Å². The Bertz CT molecular complexity index is 1070. The Morgan fingerprint density at radius 3 is 2.63 bits per heavy atom.